The number of hydrogen-bond donors (Lipinski definition) is 6. The number of aromatic carboxylic acids is 3. The van der Waals surface area contributed by atoms with Gasteiger partial charge in [0.1, 0.15) is 22.1 Å². The van der Waals surface area contributed by atoms with Crippen LogP contribution in [0.1, 0.15) is 117 Å². The Balaban J connectivity index is 0.000000236. The summed E-state index contributed by atoms with van der Waals surface area (Å²) in [5.74, 6) is -2.08. The number of carbonyl (C=O) groups is 7. The first-order valence-corrected chi connectivity index (χ1v) is 24.4. The van der Waals surface area contributed by atoms with Crippen molar-refractivity contribution in [2.24, 2.45) is 5.92 Å². The van der Waals surface area contributed by atoms with Crippen LogP contribution in [-0.2, 0) is 32.0 Å². The fourth-order valence-corrected chi connectivity index (χ4v) is 8.24. The lowest BCUT2D eigenvalue weighted by Crippen LogP contribution is -2.38. The number of methoxy groups -OCH3 is 2. The van der Waals surface area contributed by atoms with E-state index in [0.29, 0.717) is 71.0 Å². The number of hydrogen-bond acceptors (Lipinski definition) is 13. The second kappa shape index (κ2) is 31.7. The number of carboxylic acid groups (broad SMARTS) is 6. The molecule has 2 fully saturated rings. The Morgan fingerprint density at radius 3 is 1.77 bits per heavy atom. The third-order valence-corrected chi connectivity index (χ3v) is 12.5. The molecule has 0 bridgehead atoms. The number of likely N-dealkylation sites (tertiary alicyclic amines) is 1. The number of halogens is 1. The highest BCUT2D eigenvalue weighted by molar-refractivity contribution is 7.17. The van der Waals surface area contributed by atoms with E-state index in [1.165, 1.54) is 70.9 Å². The normalized spacial score (nSPS) is 13.3. The van der Waals surface area contributed by atoms with Crippen LogP contribution >= 0.6 is 22.9 Å². The van der Waals surface area contributed by atoms with Crippen LogP contribution in [-0.4, -0.2) is 116 Å². The lowest BCUT2D eigenvalue weighted by molar-refractivity contribution is -0.145. The highest BCUT2D eigenvalue weighted by atomic mass is 35.5. The molecule has 3 aromatic carbocycles. The summed E-state index contributed by atoms with van der Waals surface area (Å²) in [5, 5.41) is 51.4. The molecular formula is C53H61ClN2O17S. The number of pyridine rings is 1. The molecule has 5 aromatic rings. The molecule has 6 N–H and O–H groups in total. The molecule has 19 nitrogen and oxygen atoms in total. The standard InChI is InChI=1S/C13H16O2.C10H10O4.C10H12O4.C8H13NO3.C7H7NO2.C5H3ClO2S/c14-13(15)12-8-6-11(7-9-12)10-4-2-1-3-5-10;11-10(12)4-2-7-1-3-8-9(5-7)14-6-13-8;1-13-8-3-7(5-10(11)12)4-9(6-8)14-2;1-6(10)9-4-2-7(3-5-9)8(11)12;1-5-3-2-4-6(8-5)7(9)10;6-4-2-1-3(9-4)5(7)8/h6-10H,1-5H2,(H,14,15);1,3,5H,2,4,6H2,(H,11,12);3-4,6H,5H2,1-2H3,(H,11,12);7H,2-5H2,1H3,(H,11,12);2-4H,1H3,(H,9,10);1-2H,(H,7,8). The van der Waals surface area contributed by atoms with Gasteiger partial charge in [-0.1, -0.05) is 55.1 Å². The van der Waals surface area contributed by atoms with E-state index in [4.69, 9.17) is 61.2 Å². The zero-order valence-corrected chi connectivity index (χ0v) is 42.9. The van der Waals surface area contributed by atoms with Crippen LogP contribution in [0.3, 0.4) is 0 Å². The molecule has 1 saturated carbocycles. The first-order valence-electron chi connectivity index (χ1n) is 23.2. The minimum atomic E-state index is -0.983. The predicted molar refractivity (Wildman–Crippen MR) is 273 cm³/mol. The fraction of sp³-hybridized carbons (Fsp3) is 0.358. The predicted octanol–water partition coefficient (Wildman–Crippen LogP) is 9.71. The van der Waals surface area contributed by atoms with E-state index in [-0.39, 0.29) is 42.0 Å². The van der Waals surface area contributed by atoms with Crippen LogP contribution in [0.4, 0.5) is 0 Å². The maximum Gasteiger partial charge on any atom is 0.354 e. The van der Waals surface area contributed by atoms with Gasteiger partial charge in [0.25, 0.3) is 0 Å². The van der Waals surface area contributed by atoms with Gasteiger partial charge in [0.2, 0.25) is 12.7 Å². The number of rotatable bonds is 12. The Hall–Kier alpha value is -7.71. The van der Waals surface area contributed by atoms with E-state index in [1.807, 2.05) is 24.3 Å². The number of thiophene rings is 1. The molecule has 1 aliphatic carbocycles. The summed E-state index contributed by atoms with van der Waals surface area (Å²) in [6.45, 7) is 4.70. The average molecular weight is 1070 g/mol. The molecule has 4 heterocycles. The van der Waals surface area contributed by atoms with E-state index in [9.17, 15) is 33.6 Å². The molecule has 21 heteroatoms. The number of ether oxygens (including phenoxy) is 4. The smallest absolute Gasteiger partial charge is 0.354 e. The SMILES string of the molecule is CC(=O)N1CCC(C(=O)O)CC1.COc1cc(CC(=O)O)cc(OC)c1.Cc1cccc(C(=O)O)n1.O=C(O)CCc1ccc2c(c1)OCO2.O=C(O)c1ccc(C2CCCCC2)cc1.O=C(O)c1ccc(Cl)s1. The summed E-state index contributed by atoms with van der Waals surface area (Å²) in [7, 11) is 3.05. The van der Waals surface area contributed by atoms with Crippen LogP contribution in [0.2, 0.25) is 4.34 Å². The van der Waals surface area contributed by atoms with Crippen molar-refractivity contribution in [2.75, 3.05) is 34.1 Å². The lowest BCUT2D eigenvalue weighted by atomic mass is 9.84. The number of nitrogens with zero attached hydrogens (tertiary/aromatic N) is 2. The highest BCUT2D eigenvalue weighted by Gasteiger charge is 2.25. The largest absolute Gasteiger partial charge is 0.497 e. The van der Waals surface area contributed by atoms with Gasteiger partial charge in [-0.15, -0.1) is 11.3 Å². The molecular weight excluding hydrogens is 1000 g/mol. The number of benzene rings is 3. The molecule has 0 radical (unpaired) electrons. The van der Waals surface area contributed by atoms with Crippen LogP contribution < -0.4 is 18.9 Å². The van der Waals surface area contributed by atoms with E-state index >= 15 is 0 Å². The van der Waals surface area contributed by atoms with Crippen molar-refractivity contribution in [3.05, 3.63) is 134 Å². The number of carboxylic acids is 6. The van der Waals surface area contributed by atoms with Gasteiger partial charge in [0.15, 0.2) is 11.5 Å². The average Bonchev–Trinajstić information content (AvgIpc) is 4.06. The molecule has 0 unspecified atom stereocenters. The van der Waals surface area contributed by atoms with Crippen molar-refractivity contribution in [2.45, 2.75) is 84.0 Å². The first kappa shape index (κ1) is 60.6. The molecule has 1 saturated heterocycles. The van der Waals surface area contributed by atoms with Crippen molar-refractivity contribution in [1.29, 1.82) is 0 Å². The van der Waals surface area contributed by atoms with Gasteiger partial charge >= 0.3 is 35.8 Å². The Bertz CT molecular complexity index is 2600. The summed E-state index contributed by atoms with van der Waals surface area (Å²) < 4.78 is 20.8. The van der Waals surface area contributed by atoms with E-state index in [0.717, 1.165) is 28.3 Å². The van der Waals surface area contributed by atoms with E-state index in [1.54, 1.807) is 66.4 Å². The third-order valence-electron chi connectivity index (χ3n) is 11.2. The van der Waals surface area contributed by atoms with E-state index in [2.05, 4.69) is 4.98 Å². The van der Waals surface area contributed by atoms with Crippen molar-refractivity contribution < 1.29 is 83.1 Å². The zero-order valence-electron chi connectivity index (χ0n) is 41.4. The Morgan fingerprint density at radius 2 is 1.31 bits per heavy atom. The van der Waals surface area contributed by atoms with Crippen molar-refractivity contribution in [3.63, 3.8) is 0 Å². The molecule has 3 aliphatic rings. The zero-order chi connectivity index (χ0) is 54.7. The van der Waals surface area contributed by atoms with Crippen molar-refractivity contribution in [3.8, 4) is 23.0 Å². The summed E-state index contributed by atoms with van der Waals surface area (Å²) >= 11 is 6.52. The van der Waals surface area contributed by atoms with Crippen molar-refractivity contribution in [1.82, 2.24) is 9.88 Å². The second-order valence-electron chi connectivity index (χ2n) is 16.6. The molecule has 1 amide bonds. The Labute approximate surface area is 436 Å². The number of amides is 1. The maximum atomic E-state index is 10.9. The summed E-state index contributed by atoms with van der Waals surface area (Å²) in [6, 6.07) is 25.9. The Kier molecular flexibility index (Phi) is 25.9. The molecule has 8 rings (SSSR count). The molecule has 0 spiro atoms. The number of aliphatic carboxylic acids is 3. The van der Waals surface area contributed by atoms with Crippen LogP contribution in [0.5, 0.6) is 23.0 Å². The van der Waals surface area contributed by atoms with Gasteiger partial charge in [-0.05, 0) is 122 Å². The van der Waals surface area contributed by atoms with E-state index < -0.39 is 35.8 Å². The molecule has 398 valence electrons. The summed E-state index contributed by atoms with van der Waals surface area (Å²) in [4.78, 5) is 79.1. The van der Waals surface area contributed by atoms with Gasteiger partial charge in [0.05, 0.1) is 36.5 Å². The molecule has 2 aromatic heterocycles. The van der Waals surface area contributed by atoms with Crippen LogP contribution in [0, 0.1) is 12.8 Å². The van der Waals surface area contributed by atoms with Crippen molar-refractivity contribution >= 4 is 64.7 Å². The number of fused-ring (bicyclic) bond motifs is 1. The minimum Gasteiger partial charge on any atom is -0.497 e. The number of aryl methyl sites for hydroxylation is 2. The molecule has 74 heavy (non-hydrogen) atoms. The summed E-state index contributed by atoms with van der Waals surface area (Å²) in [6.07, 6.45) is 8.29. The topological polar surface area (TPSA) is 294 Å². The molecule has 0 atom stereocenters. The van der Waals surface area contributed by atoms with Gasteiger partial charge in [-0.3, -0.25) is 19.2 Å². The van der Waals surface area contributed by atoms with Gasteiger partial charge in [-0.2, -0.15) is 0 Å². The quantitative estimate of drug-likeness (QED) is 0.0677. The number of piperidine rings is 1. The Morgan fingerprint density at radius 1 is 0.689 bits per heavy atom. The van der Waals surface area contributed by atoms with Gasteiger partial charge in [0, 0.05) is 38.2 Å². The van der Waals surface area contributed by atoms with Gasteiger partial charge in [-0.25, -0.2) is 19.4 Å². The number of carbonyl (C=O) groups excluding carboxylic acids is 1. The second-order valence-corrected chi connectivity index (χ2v) is 18.3. The third kappa shape index (κ3) is 22.4. The first-order chi connectivity index (χ1) is 35.2. The summed E-state index contributed by atoms with van der Waals surface area (Å²) in [5.41, 5.74) is 4.12. The lowest BCUT2D eigenvalue weighted by Gasteiger charge is -2.28. The minimum absolute atomic E-state index is 0.0342. The fourth-order valence-electron chi connectivity index (χ4n) is 7.36. The maximum absolute atomic E-state index is 10.9. The molecule has 2 aliphatic heterocycles. The monoisotopic (exact) mass is 1060 g/mol. The van der Waals surface area contributed by atoms with Crippen LogP contribution in [0.25, 0.3) is 0 Å². The highest BCUT2D eigenvalue weighted by Crippen LogP contribution is 2.34. The number of aromatic nitrogens is 1. The van der Waals surface area contributed by atoms with Gasteiger partial charge < -0.3 is 54.5 Å². The van der Waals surface area contributed by atoms with Crippen LogP contribution in [0.15, 0.2) is 91.0 Å².